The maximum atomic E-state index is 14.0. The molecule has 0 spiro atoms. The SMILES string of the molecule is O=COC[C@H]1C(=O)N(Cc2ccc(F)cc2F)CC2N(C=O)NCC(=O)N21. The van der Waals surface area contributed by atoms with E-state index in [0.29, 0.717) is 12.5 Å². The van der Waals surface area contributed by atoms with Crippen molar-refractivity contribution in [3.63, 3.8) is 0 Å². The van der Waals surface area contributed by atoms with Crippen molar-refractivity contribution in [2.45, 2.75) is 18.8 Å². The van der Waals surface area contributed by atoms with Gasteiger partial charge in [-0.25, -0.2) is 14.2 Å². The molecule has 0 saturated carbocycles. The highest BCUT2D eigenvalue weighted by Gasteiger charge is 2.47. The molecule has 1 N–H and O–H groups in total. The van der Waals surface area contributed by atoms with Gasteiger partial charge < -0.3 is 14.5 Å². The summed E-state index contributed by atoms with van der Waals surface area (Å²) in [4.78, 5) is 49.4. The zero-order chi connectivity index (χ0) is 19.6. The molecule has 2 saturated heterocycles. The molecule has 27 heavy (non-hydrogen) atoms. The number of carbonyl (C=O) groups excluding carboxylic acids is 4. The van der Waals surface area contributed by atoms with Gasteiger partial charge in [0.05, 0.1) is 13.1 Å². The monoisotopic (exact) mass is 382 g/mol. The van der Waals surface area contributed by atoms with Crippen LogP contribution in [0.5, 0.6) is 0 Å². The minimum absolute atomic E-state index is 0.0704. The van der Waals surface area contributed by atoms with Crippen molar-refractivity contribution in [3.8, 4) is 0 Å². The molecule has 0 aromatic heterocycles. The van der Waals surface area contributed by atoms with E-state index in [0.717, 1.165) is 11.1 Å². The van der Waals surface area contributed by atoms with Gasteiger partial charge in [0.15, 0.2) is 0 Å². The molecule has 2 heterocycles. The molecule has 2 atom stereocenters. The molecule has 9 nitrogen and oxygen atoms in total. The largest absolute Gasteiger partial charge is 0.465 e. The number of hydrogen-bond donors (Lipinski definition) is 1. The van der Waals surface area contributed by atoms with Crippen molar-refractivity contribution in [2.24, 2.45) is 0 Å². The third-order valence-electron chi connectivity index (χ3n) is 4.47. The average molecular weight is 382 g/mol. The second-order valence-electron chi connectivity index (χ2n) is 6.03. The zero-order valence-corrected chi connectivity index (χ0v) is 14.0. The van der Waals surface area contributed by atoms with Gasteiger partial charge in [0.1, 0.15) is 30.4 Å². The highest BCUT2D eigenvalue weighted by atomic mass is 19.1. The van der Waals surface area contributed by atoms with Crippen LogP contribution in [0, 0.1) is 11.6 Å². The zero-order valence-electron chi connectivity index (χ0n) is 14.0. The van der Waals surface area contributed by atoms with Crippen LogP contribution in [0.3, 0.4) is 0 Å². The van der Waals surface area contributed by atoms with E-state index >= 15 is 0 Å². The minimum atomic E-state index is -1.16. The lowest BCUT2D eigenvalue weighted by Crippen LogP contribution is -2.74. The molecule has 2 aliphatic rings. The fraction of sp³-hybridized carbons (Fsp3) is 0.375. The molecule has 2 fully saturated rings. The number of hydrazine groups is 1. The maximum Gasteiger partial charge on any atom is 0.293 e. The molecule has 1 unspecified atom stereocenters. The van der Waals surface area contributed by atoms with Crippen molar-refractivity contribution in [2.75, 3.05) is 19.7 Å². The van der Waals surface area contributed by atoms with Gasteiger partial charge in [0, 0.05) is 18.2 Å². The van der Waals surface area contributed by atoms with E-state index < -0.39 is 42.3 Å². The van der Waals surface area contributed by atoms with Crippen molar-refractivity contribution < 1.29 is 32.7 Å². The summed E-state index contributed by atoms with van der Waals surface area (Å²) in [5, 5.41) is 1.12. The number of benzene rings is 1. The van der Waals surface area contributed by atoms with E-state index in [1.807, 2.05) is 0 Å². The fourth-order valence-corrected chi connectivity index (χ4v) is 3.22. The number of hydrogen-bond acceptors (Lipinski definition) is 6. The third-order valence-corrected chi connectivity index (χ3v) is 4.47. The van der Waals surface area contributed by atoms with Crippen molar-refractivity contribution >= 4 is 24.7 Å². The average Bonchev–Trinajstić information content (AvgIpc) is 2.64. The first kappa shape index (κ1) is 18.7. The summed E-state index contributed by atoms with van der Waals surface area (Å²) >= 11 is 0. The minimum Gasteiger partial charge on any atom is -0.465 e. The van der Waals surface area contributed by atoms with Crippen LogP contribution < -0.4 is 5.43 Å². The van der Waals surface area contributed by atoms with Crippen LogP contribution in [0.2, 0.25) is 0 Å². The lowest BCUT2D eigenvalue weighted by Gasteiger charge is -2.50. The first-order chi connectivity index (χ1) is 13.0. The van der Waals surface area contributed by atoms with E-state index in [1.165, 1.54) is 15.9 Å². The highest BCUT2D eigenvalue weighted by Crippen LogP contribution is 2.24. The van der Waals surface area contributed by atoms with Crippen LogP contribution in [-0.2, 0) is 30.5 Å². The van der Waals surface area contributed by atoms with Crippen molar-refractivity contribution in [3.05, 3.63) is 35.4 Å². The number of amides is 3. The topological polar surface area (TPSA) is 99.3 Å². The predicted octanol–water partition coefficient (Wildman–Crippen LogP) is -1.02. The maximum absolute atomic E-state index is 14.0. The number of fused-ring (bicyclic) bond motifs is 1. The van der Waals surface area contributed by atoms with Crippen LogP contribution in [0.1, 0.15) is 5.56 Å². The van der Waals surface area contributed by atoms with Crippen LogP contribution in [0.15, 0.2) is 18.2 Å². The number of carbonyl (C=O) groups is 4. The summed E-state index contributed by atoms with van der Waals surface area (Å²) in [5.41, 5.74) is 2.68. The third kappa shape index (κ3) is 3.58. The summed E-state index contributed by atoms with van der Waals surface area (Å²) in [7, 11) is 0. The summed E-state index contributed by atoms with van der Waals surface area (Å²) in [6.07, 6.45) is -0.390. The van der Waals surface area contributed by atoms with Crippen LogP contribution in [-0.4, -0.2) is 71.4 Å². The van der Waals surface area contributed by atoms with E-state index in [9.17, 15) is 28.0 Å². The van der Waals surface area contributed by atoms with Crippen LogP contribution in [0.25, 0.3) is 0 Å². The molecule has 0 radical (unpaired) electrons. The molecule has 2 aliphatic heterocycles. The number of rotatable bonds is 6. The summed E-state index contributed by atoms with van der Waals surface area (Å²) in [5.74, 6) is -2.59. The van der Waals surface area contributed by atoms with E-state index in [4.69, 9.17) is 0 Å². The quantitative estimate of drug-likeness (QED) is 0.633. The Hall–Kier alpha value is -3.08. The van der Waals surface area contributed by atoms with Gasteiger partial charge >= 0.3 is 0 Å². The molecule has 0 aliphatic carbocycles. The van der Waals surface area contributed by atoms with Gasteiger partial charge in [-0.2, -0.15) is 0 Å². The first-order valence-electron chi connectivity index (χ1n) is 8.02. The van der Waals surface area contributed by atoms with E-state index in [-0.39, 0.29) is 31.7 Å². The molecule has 1 aromatic rings. The van der Waals surface area contributed by atoms with E-state index in [2.05, 4.69) is 10.2 Å². The lowest BCUT2D eigenvalue weighted by molar-refractivity contribution is -0.179. The highest BCUT2D eigenvalue weighted by molar-refractivity contribution is 5.91. The second kappa shape index (κ2) is 7.66. The normalized spacial score (nSPS) is 22.5. The Labute approximate surface area is 152 Å². The van der Waals surface area contributed by atoms with E-state index in [1.54, 1.807) is 0 Å². The molecule has 11 heteroatoms. The Bertz CT molecular complexity index is 777. The smallest absolute Gasteiger partial charge is 0.293 e. The van der Waals surface area contributed by atoms with Crippen LogP contribution in [0.4, 0.5) is 8.78 Å². The van der Waals surface area contributed by atoms with Gasteiger partial charge in [-0.3, -0.25) is 24.2 Å². The Morgan fingerprint density at radius 2 is 2.04 bits per heavy atom. The Morgan fingerprint density at radius 1 is 1.26 bits per heavy atom. The number of piperazine rings is 1. The standard InChI is InChI=1S/C16H16F2N4O5/c17-11-2-1-10(12(18)3-11)5-20-6-14-21(8-23)19-4-15(25)22(14)13(16(20)26)7-27-9-24/h1-3,8-9,13-14,19H,4-7H2/t13-,14?/m0/s1. The summed E-state index contributed by atoms with van der Waals surface area (Å²) in [6.45, 7) is -0.754. The Kier molecular flexibility index (Phi) is 5.31. The fourth-order valence-electron chi connectivity index (χ4n) is 3.22. The molecular formula is C16H16F2N4O5. The molecule has 3 amide bonds. The van der Waals surface area contributed by atoms with Crippen LogP contribution >= 0.6 is 0 Å². The van der Waals surface area contributed by atoms with Gasteiger partial charge in [-0.1, -0.05) is 6.07 Å². The van der Waals surface area contributed by atoms with Gasteiger partial charge in [-0.05, 0) is 6.07 Å². The molecule has 0 bridgehead atoms. The number of nitrogens with one attached hydrogen (secondary N) is 1. The number of halogens is 2. The Morgan fingerprint density at radius 3 is 2.70 bits per heavy atom. The number of nitrogens with zero attached hydrogens (tertiary/aromatic N) is 3. The number of ether oxygens (including phenoxy) is 1. The first-order valence-corrected chi connectivity index (χ1v) is 8.02. The molecule has 144 valence electrons. The summed E-state index contributed by atoms with van der Waals surface area (Å²) in [6, 6.07) is 1.82. The molecule has 3 rings (SSSR count). The molecular weight excluding hydrogens is 366 g/mol. The second-order valence-corrected chi connectivity index (χ2v) is 6.03. The lowest BCUT2D eigenvalue weighted by atomic mass is 10.1. The molecule has 1 aromatic carbocycles. The Balaban J connectivity index is 1.90. The van der Waals surface area contributed by atoms with Crippen molar-refractivity contribution in [1.29, 1.82) is 0 Å². The summed E-state index contributed by atoms with van der Waals surface area (Å²) < 4.78 is 31.8. The van der Waals surface area contributed by atoms with Gasteiger partial charge in [-0.15, -0.1) is 0 Å². The van der Waals surface area contributed by atoms with Gasteiger partial charge in [0.2, 0.25) is 18.2 Å². The van der Waals surface area contributed by atoms with Crippen molar-refractivity contribution in [1.82, 2.24) is 20.2 Å². The predicted molar refractivity (Wildman–Crippen MR) is 84.1 cm³/mol. The van der Waals surface area contributed by atoms with Gasteiger partial charge in [0.25, 0.3) is 6.47 Å².